The Morgan fingerprint density at radius 3 is 2.56 bits per heavy atom. The number of aliphatic hydroxyl groups excluding tert-OH is 1. The molecule has 4 aromatic rings. The van der Waals surface area contributed by atoms with Crippen LogP contribution in [-0.4, -0.2) is 32.1 Å². The first-order valence-electron chi connectivity index (χ1n) is 11.6. The lowest BCUT2D eigenvalue weighted by molar-refractivity contribution is -0.136. The molecule has 8 heteroatoms. The molecule has 36 heavy (non-hydrogen) atoms. The van der Waals surface area contributed by atoms with Crippen molar-refractivity contribution in [1.29, 1.82) is 0 Å². The van der Waals surface area contributed by atoms with Gasteiger partial charge in [0.05, 0.1) is 30.5 Å². The van der Waals surface area contributed by atoms with E-state index in [0.717, 1.165) is 11.1 Å². The summed E-state index contributed by atoms with van der Waals surface area (Å²) in [5, 5.41) is 24.9. The Labute approximate surface area is 213 Å². The lowest BCUT2D eigenvalue weighted by atomic mass is 10.0. The van der Waals surface area contributed by atoms with Gasteiger partial charge in [0.1, 0.15) is 18.2 Å². The predicted octanol–water partition coefficient (Wildman–Crippen LogP) is 5.99. The van der Waals surface area contributed by atoms with Crippen molar-refractivity contribution < 1.29 is 24.1 Å². The number of carboxylic acid groups (broad SMARTS) is 1. The number of rotatable bonds is 10. The fourth-order valence-electron chi connectivity index (χ4n) is 3.84. The molecule has 0 amide bonds. The Kier molecular flexibility index (Phi) is 8.03. The minimum atomic E-state index is -0.947. The van der Waals surface area contributed by atoms with Gasteiger partial charge in [-0.3, -0.25) is 9.48 Å². The van der Waals surface area contributed by atoms with Crippen LogP contribution in [0.5, 0.6) is 5.75 Å². The smallest absolute Gasteiger partial charge is 0.307 e. The highest BCUT2D eigenvalue weighted by Gasteiger charge is 2.18. The zero-order chi connectivity index (χ0) is 25.7. The normalized spacial score (nSPS) is 11.9. The number of carboxylic acids is 1. The maximum atomic E-state index is 13.6. The van der Waals surface area contributed by atoms with Crippen molar-refractivity contribution in [3.8, 4) is 28.3 Å². The number of benzene rings is 3. The Morgan fingerprint density at radius 1 is 1.08 bits per heavy atom. The second-order valence-corrected chi connectivity index (χ2v) is 8.92. The van der Waals surface area contributed by atoms with E-state index < -0.39 is 12.1 Å². The number of aliphatic hydroxyl groups is 1. The van der Waals surface area contributed by atoms with Crippen LogP contribution in [0.1, 0.15) is 24.5 Å². The van der Waals surface area contributed by atoms with Crippen molar-refractivity contribution in [3.05, 3.63) is 94.8 Å². The van der Waals surface area contributed by atoms with Gasteiger partial charge in [0, 0.05) is 16.1 Å². The molecular weight excluding hydrogens is 483 g/mol. The summed E-state index contributed by atoms with van der Waals surface area (Å²) >= 11 is 6.10. The minimum absolute atomic E-state index is 0.151. The van der Waals surface area contributed by atoms with E-state index >= 15 is 0 Å². The van der Waals surface area contributed by atoms with Gasteiger partial charge >= 0.3 is 5.97 Å². The number of halogens is 2. The van der Waals surface area contributed by atoms with E-state index in [1.165, 1.54) is 12.1 Å². The molecule has 1 atom stereocenters. The van der Waals surface area contributed by atoms with Crippen molar-refractivity contribution >= 4 is 17.6 Å². The standard InChI is InChI=1S/C28H26ClFN2O4/c1-2-23(33)16-32-26(20-7-9-22(30)10-8-20)15-25(31-32)24-13-18(14-28(34)35)6-11-27(24)36-17-19-4-3-5-21(29)12-19/h3-13,15,23,33H,2,14,16-17H2,1H3,(H,34,35). The second-order valence-electron chi connectivity index (χ2n) is 8.49. The van der Waals surface area contributed by atoms with Crippen molar-refractivity contribution in [2.45, 2.75) is 39.0 Å². The molecule has 1 aromatic heterocycles. The molecule has 0 radical (unpaired) electrons. The molecule has 1 heterocycles. The number of hydrogen-bond donors (Lipinski definition) is 2. The highest BCUT2D eigenvalue weighted by Crippen LogP contribution is 2.34. The third-order valence-corrected chi connectivity index (χ3v) is 5.97. The van der Waals surface area contributed by atoms with E-state index in [1.807, 2.05) is 31.2 Å². The van der Waals surface area contributed by atoms with Crippen LogP contribution in [0, 0.1) is 5.82 Å². The first kappa shape index (κ1) is 25.4. The van der Waals surface area contributed by atoms with Crippen molar-refractivity contribution in [1.82, 2.24) is 9.78 Å². The number of carbonyl (C=O) groups is 1. The largest absolute Gasteiger partial charge is 0.488 e. The molecule has 0 aliphatic rings. The lowest BCUT2D eigenvalue weighted by Gasteiger charge is -2.13. The summed E-state index contributed by atoms with van der Waals surface area (Å²) < 4.78 is 21.3. The lowest BCUT2D eigenvalue weighted by Crippen LogP contribution is -2.16. The van der Waals surface area contributed by atoms with Gasteiger partial charge in [0.2, 0.25) is 0 Å². The highest BCUT2D eigenvalue weighted by molar-refractivity contribution is 6.30. The summed E-state index contributed by atoms with van der Waals surface area (Å²) in [7, 11) is 0. The maximum Gasteiger partial charge on any atom is 0.307 e. The third-order valence-electron chi connectivity index (χ3n) is 5.73. The molecule has 3 aromatic carbocycles. The Hall–Kier alpha value is -3.68. The molecule has 0 fully saturated rings. The fourth-order valence-corrected chi connectivity index (χ4v) is 4.06. The SMILES string of the molecule is CCC(O)Cn1nc(-c2cc(CC(=O)O)ccc2OCc2cccc(Cl)c2)cc1-c1ccc(F)cc1. The van der Waals surface area contributed by atoms with Gasteiger partial charge in [-0.2, -0.15) is 5.10 Å². The monoisotopic (exact) mass is 508 g/mol. The summed E-state index contributed by atoms with van der Waals surface area (Å²) in [5.74, 6) is -0.774. The summed E-state index contributed by atoms with van der Waals surface area (Å²) in [6, 6.07) is 20.4. The highest BCUT2D eigenvalue weighted by atomic mass is 35.5. The van der Waals surface area contributed by atoms with Crippen molar-refractivity contribution in [3.63, 3.8) is 0 Å². The van der Waals surface area contributed by atoms with Gasteiger partial charge in [-0.1, -0.05) is 36.7 Å². The molecule has 0 spiro atoms. The van der Waals surface area contributed by atoms with E-state index in [4.69, 9.17) is 21.4 Å². The molecular formula is C28H26ClFN2O4. The average molecular weight is 509 g/mol. The first-order chi connectivity index (χ1) is 17.3. The van der Waals surface area contributed by atoms with E-state index in [-0.39, 0.29) is 25.4 Å². The summed E-state index contributed by atoms with van der Waals surface area (Å²) in [5.41, 5.74) is 4.07. The van der Waals surface area contributed by atoms with Crippen LogP contribution in [0.3, 0.4) is 0 Å². The topological polar surface area (TPSA) is 84.6 Å². The van der Waals surface area contributed by atoms with Crippen LogP contribution in [0.2, 0.25) is 5.02 Å². The van der Waals surface area contributed by atoms with Gasteiger partial charge in [0.15, 0.2) is 0 Å². The van der Waals surface area contributed by atoms with Crippen LogP contribution >= 0.6 is 11.6 Å². The molecule has 4 rings (SSSR count). The Balaban J connectivity index is 1.77. The predicted molar refractivity (Wildman–Crippen MR) is 136 cm³/mol. The third kappa shape index (κ3) is 6.30. The summed E-state index contributed by atoms with van der Waals surface area (Å²) in [6.45, 7) is 2.38. The van der Waals surface area contributed by atoms with Gasteiger partial charge in [0.25, 0.3) is 0 Å². The number of nitrogens with zero attached hydrogens (tertiary/aromatic N) is 2. The van der Waals surface area contributed by atoms with E-state index in [9.17, 15) is 19.4 Å². The number of aliphatic carboxylic acids is 1. The average Bonchev–Trinajstić information content (AvgIpc) is 3.26. The number of ether oxygens (including phenoxy) is 1. The quantitative estimate of drug-likeness (QED) is 0.275. The summed E-state index contributed by atoms with van der Waals surface area (Å²) in [4.78, 5) is 11.3. The van der Waals surface area contributed by atoms with E-state index in [2.05, 4.69) is 0 Å². The zero-order valence-electron chi connectivity index (χ0n) is 19.7. The zero-order valence-corrected chi connectivity index (χ0v) is 20.5. The van der Waals surface area contributed by atoms with Gasteiger partial charge in [-0.15, -0.1) is 0 Å². The molecule has 0 saturated carbocycles. The molecule has 0 aliphatic carbocycles. The first-order valence-corrected chi connectivity index (χ1v) is 11.9. The van der Waals surface area contributed by atoms with E-state index in [1.54, 1.807) is 41.1 Å². The molecule has 0 saturated heterocycles. The molecule has 0 aliphatic heterocycles. The molecule has 1 unspecified atom stereocenters. The second kappa shape index (κ2) is 11.4. The van der Waals surface area contributed by atoms with Crippen LogP contribution in [0.4, 0.5) is 4.39 Å². The van der Waals surface area contributed by atoms with E-state index in [0.29, 0.717) is 39.7 Å². The molecule has 0 bridgehead atoms. The Morgan fingerprint density at radius 2 is 1.86 bits per heavy atom. The maximum absolute atomic E-state index is 13.6. The van der Waals surface area contributed by atoms with Crippen LogP contribution in [0.15, 0.2) is 72.8 Å². The van der Waals surface area contributed by atoms with Crippen LogP contribution in [0.25, 0.3) is 22.5 Å². The van der Waals surface area contributed by atoms with Gasteiger partial charge < -0.3 is 14.9 Å². The fraction of sp³-hybridized carbons (Fsp3) is 0.214. The Bertz CT molecular complexity index is 1350. The van der Waals surface area contributed by atoms with Gasteiger partial charge in [-0.25, -0.2) is 4.39 Å². The van der Waals surface area contributed by atoms with Gasteiger partial charge in [-0.05, 0) is 72.1 Å². The minimum Gasteiger partial charge on any atom is -0.488 e. The summed E-state index contributed by atoms with van der Waals surface area (Å²) in [6.07, 6.45) is -0.226. The molecule has 6 nitrogen and oxygen atoms in total. The molecule has 186 valence electrons. The van der Waals surface area contributed by atoms with Crippen molar-refractivity contribution in [2.75, 3.05) is 0 Å². The molecule has 2 N–H and O–H groups in total. The van der Waals surface area contributed by atoms with Crippen LogP contribution < -0.4 is 4.74 Å². The number of hydrogen-bond acceptors (Lipinski definition) is 4. The number of aromatic nitrogens is 2. The van der Waals surface area contributed by atoms with Crippen molar-refractivity contribution in [2.24, 2.45) is 0 Å². The van der Waals surface area contributed by atoms with Crippen LogP contribution in [-0.2, 0) is 24.4 Å².